The van der Waals surface area contributed by atoms with Gasteiger partial charge >= 0.3 is 5.69 Å². The summed E-state index contributed by atoms with van der Waals surface area (Å²) in [4.78, 5) is 41.9. The third-order valence-corrected chi connectivity index (χ3v) is 5.27. The number of nitrogens with one attached hydrogen (secondary N) is 2. The molecule has 3 aromatic rings. The molecule has 0 bridgehead atoms. The summed E-state index contributed by atoms with van der Waals surface area (Å²) in [5.41, 5.74) is 3.57. The lowest BCUT2D eigenvalue weighted by Gasteiger charge is -2.10. The Hall–Kier alpha value is -3.48. The molecule has 1 amide bonds. The summed E-state index contributed by atoms with van der Waals surface area (Å²) in [6.45, 7) is 0. The monoisotopic (exact) mass is 480 g/mol. The number of nitrogens with zero attached hydrogens (tertiary/aromatic N) is 4. The molecule has 158 valence electrons. The van der Waals surface area contributed by atoms with Gasteiger partial charge in [0, 0.05) is 21.5 Å². The first kappa shape index (κ1) is 22.2. The minimum absolute atomic E-state index is 0.0289. The average Bonchev–Trinajstić information content (AvgIpc) is 2.73. The molecule has 31 heavy (non-hydrogen) atoms. The van der Waals surface area contributed by atoms with E-state index < -0.39 is 27.1 Å². The van der Waals surface area contributed by atoms with Gasteiger partial charge in [0.2, 0.25) is 5.82 Å². The quantitative estimate of drug-likeness (QED) is 0.282. The minimum atomic E-state index is -0.792. The van der Waals surface area contributed by atoms with Crippen LogP contribution in [0.15, 0.2) is 58.7 Å². The number of carbonyl (C=O) groups excluding carboxylic acids is 1. The molecule has 2 aromatic carbocycles. The van der Waals surface area contributed by atoms with Crippen LogP contribution in [0, 0.1) is 20.2 Å². The molecule has 0 radical (unpaired) electrons. The first-order valence-corrected chi connectivity index (χ1v) is 9.76. The summed E-state index contributed by atoms with van der Waals surface area (Å²) in [5, 5.41) is 23.0. The van der Waals surface area contributed by atoms with E-state index in [1.165, 1.54) is 12.1 Å². The fraction of sp³-hybridized carbons (Fsp3) is 0. The van der Waals surface area contributed by atoms with Crippen molar-refractivity contribution >= 4 is 58.1 Å². The summed E-state index contributed by atoms with van der Waals surface area (Å²) in [5.74, 6) is -1.06. The van der Waals surface area contributed by atoms with E-state index in [4.69, 9.17) is 23.2 Å². The third kappa shape index (κ3) is 5.36. The Morgan fingerprint density at radius 1 is 1.00 bits per heavy atom. The maximum absolute atomic E-state index is 12.3. The van der Waals surface area contributed by atoms with Gasteiger partial charge in [0.05, 0.1) is 9.85 Å². The molecule has 11 nitrogen and oxygen atoms in total. The number of hydrazine groups is 1. The van der Waals surface area contributed by atoms with Crippen LogP contribution in [0.3, 0.4) is 0 Å². The molecular weight excluding hydrogens is 471 g/mol. The number of hydrogen-bond donors (Lipinski definition) is 2. The van der Waals surface area contributed by atoms with E-state index >= 15 is 0 Å². The van der Waals surface area contributed by atoms with Crippen molar-refractivity contribution in [3.63, 3.8) is 0 Å². The Kier molecular flexibility index (Phi) is 6.84. The van der Waals surface area contributed by atoms with Gasteiger partial charge < -0.3 is 0 Å². The van der Waals surface area contributed by atoms with Crippen LogP contribution in [-0.2, 0) is 0 Å². The molecule has 2 N–H and O–H groups in total. The Morgan fingerprint density at radius 2 is 1.71 bits per heavy atom. The summed E-state index contributed by atoms with van der Waals surface area (Å²) in [6, 6.07) is 10.0. The van der Waals surface area contributed by atoms with Gasteiger partial charge in [-0.2, -0.15) is 0 Å². The second-order valence-electron chi connectivity index (χ2n) is 5.69. The number of aromatic nitrogens is 2. The first-order chi connectivity index (χ1) is 14.8. The molecule has 3 rings (SSSR count). The van der Waals surface area contributed by atoms with E-state index in [9.17, 15) is 25.0 Å². The smallest absolute Gasteiger partial charge is 0.276 e. The van der Waals surface area contributed by atoms with E-state index in [2.05, 4.69) is 20.8 Å². The predicted molar refractivity (Wildman–Crippen MR) is 113 cm³/mol. The number of nitro benzene ring substituents is 1. The standard InChI is InChI=1S/C17H10Cl2N6O5S/c18-10-2-4-11(5-3-10)31-17-14(25(29)30)15(20-8-21-17)22-23-16(26)9-1-6-12(19)13(7-9)24(27)28/h1-8H,(H,23,26)(H,20,21,22). The van der Waals surface area contributed by atoms with Crippen molar-refractivity contribution in [2.24, 2.45) is 0 Å². The SMILES string of the molecule is O=C(NNc1ncnc(Sc2ccc(Cl)cc2)c1[N+](=O)[O-])c1ccc(Cl)c([N+](=O)[O-])c1. The van der Waals surface area contributed by atoms with Gasteiger partial charge in [-0.1, -0.05) is 35.0 Å². The summed E-state index contributed by atoms with van der Waals surface area (Å²) >= 11 is 12.6. The van der Waals surface area contributed by atoms with E-state index in [0.29, 0.717) is 9.92 Å². The van der Waals surface area contributed by atoms with Gasteiger partial charge in [-0.25, -0.2) is 9.97 Å². The molecule has 0 aliphatic rings. The lowest BCUT2D eigenvalue weighted by molar-refractivity contribution is -0.387. The maximum atomic E-state index is 12.3. The van der Waals surface area contributed by atoms with Gasteiger partial charge in [-0.05, 0) is 36.4 Å². The van der Waals surface area contributed by atoms with Crippen LogP contribution >= 0.6 is 35.0 Å². The number of rotatable bonds is 7. The molecular formula is C17H10Cl2N6O5S. The van der Waals surface area contributed by atoms with Gasteiger partial charge in [0.25, 0.3) is 11.6 Å². The van der Waals surface area contributed by atoms with E-state index in [-0.39, 0.29) is 21.4 Å². The van der Waals surface area contributed by atoms with Crippen molar-refractivity contribution in [3.05, 3.63) is 84.6 Å². The second-order valence-corrected chi connectivity index (χ2v) is 7.60. The highest BCUT2D eigenvalue weighted by molar-refractivity contribution is 7.99. The number of benzene rings is 2. The summed E-state index contributed by atoms with van der Waals surface area (Å²) in [7, 11) is 0. The van der Waals surface area contributed by atoms with Crippen LogP contribution in [0.2, 0.25) is 10.0 Å². The van der Waals surface area contributed by atoms with Crippen molar-refractivity contribution in [2.45, 2.75) is 9.92 Å². The van der Waals surface area contributed by atoms with E-state index in [1.54, 1.807) is 24.3 Å². The molecule has 1 heterocycles. The molecule has 0 saturated heterocycles. The van der Waals surface area contributed by atoms with Crippen LogP contribution < -0.4 is 10.9 Å². The largest absolute Gasteiger partial charge is 0.345 e. The Labute approximate surface area is 188 Å². The predicted octanol–water partition coefficient (Wildman–Crippen LogP) is 4.51. The fourth-order valence-electron chi connectivity index (χ4n) is 2.29. The maximum Gasteiger partial charge on any atom is 0.345 e. The second kappa shape index (κ2) is 9.55. The Bertz CT molecular complexity index is 1180. The zero-order chi connectivity index (χ0) is 22.5. The molecule has 0 aliphatic heterocycles. The zero-order valence-corrected chi connectivity index (χ0v) is 17.4. The number of amides is 1. The highest BCUT2D eigenvalue weighted by atomic mass is 35.5. The van der Waals surface area contributed by atoms with Crippen molar-refractivity contribution in [1.82, 2.24) is 15.4 Å². The highest BCUT2D eigenvalue weighted by Crippen LogP contribution is 2.36. The number of halogens is 2. The number of nitro groups is 2. The number of anilines is 1. The van der Waals surface area contributed by atoms with Gasteiger partial charge in [0.15, 0.2) is 5.03 Å². The molecule has 0 fully saturated rings. The van der Waals surface area contributed by atoms with E-state index in [0.717, 1.165) is 24.2 Å². The van der Waals surface area contributed by atoms with Gasteiger partial charge in [-0.15, -0.1) is 0 Å². The normalized spacial score (nSPS) is 10.4. The van der Waals surface area contributed by atoms with Crippen LogP contribution in [0.5, 0.6) is 0 Å². The zero-order valence-electron chi connectivity index (χ0n) is 15.1. The van der Waals surface area contributed by atoms with E-state index in [1.807, 2.05) is 0 Å². The summed E-state index contributed by atoms with van der Waals surface area (Å²) < 4.78 is 0. The molecule has 14 heteroatoms. The molecule has 1 aromatic heterocycles. The van der Waals surface area contributed by atoms with Gasteiger partial charge in [-0.3, -0.25) is 35.9 Å². The van der Waals surface area contributed by atoms with Crippen molar-refractivity contribution in [3.8, 4) is 0 Å². The molecule has 0 unspecified atom stereocenters. The topological polar surface area (TPSA) is 153 Å². The van der Waals surface area contributed by atoms with Crippen molar-refractivity contribution in [1.29, 1.82) is 0 Å². The lowest BCUT2D eigenvalue weighted by atomic mass is 10.2. The van der Waals surface area contributed by atoms with Crippen LogP contribution in [0.1, 0.15) is 10.4 Å². The van der Waals surface area contributed by atoms with Crippen LogP contribution in [0.25, 0.3) is 0 Å². The summed E-state index contributed by atoms with van der Waals surface area (Å²) in [6.07, 6.45) is 1.09. The first-order valence-electron chi connectivity index (χ1n) is 8.19. The van der Waals surface area contributed by atoms with Gasteiger partial charge in [0.1, 0.15) is 11.3 Å². The molecule has 0 aliphatic carbocycles. The van der Waals surface area contributed by atoms with Crippen molar-refractivity contribution < 1.29 is 14.6 Å². The Morgan fingerprint density at radius 3 is 2.35 bits per heavy atom. The minimum Gasteiger partial charge on any atom is -0.276 e. The van der Waals surface area contributed by atoms with Crippen LogP contribution in [0.4, 0.5) is 17.2 Å². The lowest BCUT2D eigenvalue weighted by Crippen LogP contribution is -2.30. The molecule has 0 atom stereocenters. The van der Waals surface area contributed by atoms with Crippen LogP contribution in [-0.4, -0.2) is 25.7 Å². The highest BCUT2D eigenvalue weighted by Gasteiger charge is 2.24. The Balaban J connectivity index is 1.82. The number of carbonyl (C=O) groups is 1. The average molecular weight is 481 g/mol. The fourth-order valence-corrected chi connectivity index (χ4v) is 3.47. The third-order valence-electron chi connectivity index (χ3n) is 3.70. The number of hydrogen-bond acceptors (Lipinski definition) is 9. The molecule has 0 spiro atoms. The molecule has 0 saturated carbocycles. The van der Waals surface area contributed by atoms with Crippen molar-refractivity contribution in [2.75, 3.05) is 5.43 Å².